The SMILES string of the molecule is C1=NC=C2NNC(c3cc(-c4ccccc4)n[nH]3)N2C1.Cl. The second-order valence-corrected chi connectivity index (χ2v) is 4.74. The van der Waals surface area contributed by atoms with Crippen LogP contribution in [0.15, 0.2) is 53.4 Å². The molecule has 108 valence electrons. The number of aliphatic imine (C=N–C) groups is 1. The number of H-pyrrole nitrogens is 1. The van der Waals surface area contributed by atoms with E-state index in [9.17, 15) is 0 Å². The molecule has 2 aromatic rings. The first kappa shape index (κ1) is 13.7. The first-order valence-corrected chi connectivity index (χ1v) is 6.52. The Kier molecular flexibility index (Phi) is 3.64. The molecule has 0 saturated carbocycles. The van der Waals surface area contributed by atoms with E-state index in [0.717, 1.165) is 29.3 Å². The monoisotopic (exact) mass is 302 g/mol. The molecule has 4 rings (SSSR count). The van der Waals surface area contributed by atoms with E-state index in [1.165, 1.54) is 0 Å². The van der Waals surface area contributed by atoms with Gasteiger partial charge in [-0.2, -0.15) is 5.10 Å². The number of hydrogen-bond donors (Lipinski definition) is 3. The molecule has 3 heterocycles. The lowest BCUT2D eigenvalue weighted by Gasteiger charge is -2.23. The van der Waals surface area contributed by atoms with Crippen molar-refractivity contribution in [3.05, 3.63) is 54.1 Å². The summed E-state index contributed by atoms with van der Waals surface area (Å²) in [6.07, 6.45) is 3.74. The second kappa shape index (κ2) is 5.59. The topological polar surface area (TPSA) is 68.3 Å². The molecule has 1 aromatic heterocycles. The molecule has 0 spiro atoms. The van der Waals surface area contributed by atoms with Crippen molar-refractivity contribution in [3.63, 3.8) is 0 Å². The third-order valence-corrected chi connectivity index (χ3v) is 3.50. The van der Waals surface area contributed by atoms with Crippen molar-refractivity contribution in [3.8, 4) is 11.3 Å². The zero-order valence-electron chi connectivity index (χ0n) is 11.2. The van der Waals surface area contributed by atoms with Crippen molar-refractivity contribution < 1.29 is 0 Å². The van der Waals surface area contributed by atoms with Crippen LogP contribution in [0.2, 0.25) is 0 Å². The van der Waals surface area contributed by atoms with Crippen molar-refractivity contribution in [1.29, 1.82) is 0 Å². The molecule has 1 aromatic carbocycles. The quantitative estimate of drug-likeness (QED) is 0.791. The van der Waals surface area contributed by atoms with E-state index in [1.54, 1.807) is 0 Å². The standard InChI is InChI=1S/C14H14N6.ClH/c1-2-4-10(5-3-1)11-8-12(17-16-11)14-19-18-13-9-15-6-7-20(13)14;/h1-6,8-9,14,18-19H,7H2,(H,16,17);1H. The largest absolute Gasteiger partial charge is 0.328 e. The molecule has 2 aliphatic heterocycles. The molecular formula is C14H15ClN6. The van der Waals surface area contributed by atoms with Crippen LogP contribution < -0.4 is 10.9 Å². The van der Waals surface area contributed by atoms with Crippen LogP contribution in [0.25, 0.3) is 11.3 Å². The van der Waals surface area contributed by atoms with Crippen molar-refractivity contribution >= 4 is 18.6 Å². The third kappa shape index (κ3) is 2.39. The van der Waals surface area contributed by atoms with Crippen molar-refractivity contribution in [2.24, 2.45) is 4.99 Å². The predicted molar refractivity (Wildman–Crippen MR) is 83.6 cm³/mol. The summed E-state index contributed by atoms with van der Waals surface area (Å²) in [5.41, 5.74) is 9.45. The number of nitrogens with zero attached hydrogens (tertiary/aromatic N) is 3. The van der Waals surface area contributed by atoms with Gasteiger partial charge in [0, 0.05) is 11.8 Å². The maximum absolute atomic E-state index is 4.40. The molecule has 7 heteroatoms. The van der Waals surface area contributed by atoms with Crippen LogP contribution in [-0.2, 0) is 0 Å². The van der Waals surface area contributed by atoms with Gasteiger partial charge in [0.2, 0.25) is 0 Å². The van der Waals surface area contributed by atoms with Crippen LogP contribution in [0.3, 0.4) is 0 Å². The normalized spacial score (nSPS) is 19.5. The molecule has 0 amide bonds. The number of fused-ring (bicyclic) bond motifs is 1. The molecule has 2 aliphatic rings. The molecule has 1 saturated heterocycles. The maximum Gasteiger partial charge on any atom is 0.141 e. The lowest BCUT2D eigenvalue weighted by atomic mass is 10.1. The van der Waals surface area contributed by atoms with Crippen LogP contribution >= 0.6 is 12.4 Å². The fraction of sp³-hybridized carbons (Fsp3) is 0.143. The molecule has 0 radical (unpaired) electrons. The Morgan fingerprint density at radius 3 is 2.90 bits per heavy atom. The van der Waals surface area contributed by atoms with Gasteiger partial charge in [-0.15, -0.1) is 12.4 Å². The van der Waals surface area contributed by atoms with Gasteiger partial charge < -0.3 is 10.3 Å². The van der Waals surface area contributed by atoms with Crippen LogP contribution in [0, 0.1) is 0 Å². The molecule has 1 atom stereocenters. The molecule has 3 N–H and O–H groups in total. The van der Waals surface area contributed by atoms with E-state index >= 15 is 0 Å². The summed E-state index contributed by atoms with van der Waals surface area (Å²) < 4.78 is 0. The summed E-state index contributed by atoms with van der Waals surface area (Å²) in [5.74, 6) is 0.980. The summed E-state index contributed by atoms with van der Waals surface area (Å²) in [4.78, 5) is 6.33. The molecule has 6 nitrogen and oxygen atoms in total. The fourth-order valence-corrected chi connectivity index (χ4v) is 2.48. The number of nitrogens with one attached hydrogen (secondary N) is 3. The Morgan fingerprint density at radius 2 is 2.05 bits per heavy atom. The Balaban J connectivity index is 0.00000132. The van der Waals surface area contributed by atoms with Crippen molar-refractivity contribution in [2.45, 2.75) is 6.17 Å². The molecular weight excluding hydrogens is 288 g/mol. The van der Waals surface area contributed by atoms with E-state index in [4.69, 9.17) is 0 Å². The fourth-order valence-electron chi connectivity index (χ4n) is 2.48. The molecule has 1 unspecified atom stereocenters. The van der Waals surface area contributed by atoms with Gasteiger partial charge >= 0.3 is 0 Å². The van der Waals surface area contributed by atoms with Gasteiger partial charge in [-0.1, -0.05) is 30.3 Å². The Hall–Kier alpha value is -2.31. The van der Waals surface area contributed by atoms with Gasteiger partial charge in [0.15, 0.2) is 0 Å². The zero-order valence-corrected chi connectivity index (χ0v) is 12.0. The summed E-state index contributed by atoms with van der Waals surface area (Å²) >= 11 is 0. The molecule has 0 aliphatic carbocycles. The number of aromatic nitrogens is 2. The van der Waals surface area contributed by atoms with Gasteiger partial charge in [0.1, 0.15) is 12.0 Å². The maximum atomic E-state index is 4.40. The van der Waals surface area contributed by atoms with Crippen molar-refractivity contribution in [2.75, 3.05) is 6.54 Å². The number of benzene rings is 1. The molecule has 21 heavy (non-hydrogen) atoms. The predicted octanol–water partition coefficient (Wildman–Crippen LogP) is 1.79. The Labute approximate surface area is 128 Å². The van der Waals surface area contributed by atoms with Gasteiger partial charge in [-0.3, -0.25) is 10.1 Å². The smallest absolute Gasteiger partial charge is 0.141 e. The molecule has 1 fully saturated rings. The van der Waals surface area contributed by atoms with Crippen LogP contribution in [0.5, 0.6) is 0 Å². The van der Waals surface area contributed by atoms with E-state index < -0.39 is 0 Å². The van der Waals surface area contributed by atoms with E-state index in [-0.39, 0.29) is 18.6 Å². The second-order valence-electron chi connectivity index (χ2n) is 4.74. The number of halogens is 1. The van der Waals surface area contributed by atoms with E-state index in [0.29, 0.717) is 0 Å². The lowest BCUT2D eigenvalue weighted by Crippen LogP contribution is -2.30. The minimum atomic E-state index is 0. The number of hydrazine groups is 1. The Bertz CT molecular complexity index is 678. The first-order valence-electron chi connectivity index (χ1n) is 6.52. The summed E-state index contributed by atoms with van der Waals surface area (Å²) in [7, 11) is 0. The average molecular weight is 303 g/mol. The highest BCUT2D eigenvalue weighted by Crippen LogP contribution is 2.27. The highest BCUT2D eigenvalue weighted by Gasteiger charge is 2.30. The number of aromatic amines is 1. The highest BCUT2D eigenvalue weighted by molar-refractivity contribution is 5.85. The Morgan fingerprint density at radius 1 is 1.19 bits per heavy atom. The van der Waals surface area contributed by atoms with Gasteiger partial charge in [0.25, 0.3) is 0 Å². The van der Waals surface area contributed by atoms with Gasteiger partial charge in [0.05, 0.1) is 24.1 Å². The first-order chi connectivity index (χ1) is 9.92. The average Bonchev–Trinajstić information content (AvgIpc) is 3.14. The zero-order chi connectivity index (χ0) is 13.4. The van der Waals surface area contributed by atoms with E-state index in [2.05, 4.69) is 49.1 Å². The summed E-state index contributed by atoms with van der Waals surface area (Å²) in [6, 6.07) is 12.2. The minimum Gasteiger partial charge on any atom is -0.328 e. The summed E-state index contributed by atoms with van der Waals surface area (Å²) in [5, 5.41) is 7.51. The number of rotatable bonds is 2. The lowest BCUT2D eigenvalue weighted by molar-refractivity contribution is 0.307. The van der Waals surface area contributed by atoms with Crippen molar-refractivity contribution in [1.82, 2.24) is 25.9 Å². The van der Waals surface area contributed by atoms with E-state index in [1.807, 2.05) is 30.6 Å². The van der Waals surface area contributed by atoms with Crippen LogP contribution in [0.4, 0.5) is 0 Å². The van der Waals surface area contributed by atoms with Crippen LogP contribution in [0.1, 0.15) is 11.9 Å². The third-order valence-electron chi connectivity index (χ3n) is 3.50. The summed E-state index contributed by atoms with van der Waals surface area (Å²) in [6.45, 7) is 0.774. The van der Waals surface area contributed by atoms with Gasteiger partial charge in [-0.05, 0) is 6.07 Å². The highest BCUT2D eigenvalue weighted by atomic mass is 35.5. The number of hydrogen-bond acceptors (Lipinski definition) is 5. The van der Waals surface area contributed by atoms with Crippen LogP contribution in [-0.4, -0.2) is 27.9 Å². The molecule has 0 bridgehead atoms. The van der Waals surface area contributed by atoms with Gasteiger partial charge in [-0.25, -0.2) is 5.43 Å². The minimum absolute atomic E-state index is 0.